The summed E-state index contributed by atoms with van der Waals surface area (Å²) in [6, 6.07) is 90.9. The second kappa shape index (κ2) is 23.3. The van der Waals surface area contributed by atoms with E-state index in [0.717, 1.165) is 54.2 Å². The molecule has 0 saturated heterocycles. The molecule has 0 amide bonds. The minimum Gasteiger partial charge on any atom is -0.366 e. The van der Waals surface area contributed by atoms with Crippen molar-refractivity contribution >= 4 is 102 Å². The SMILES string of the molecule is [Au+].[Au+].[C-]#Cc1c2ccccc2cc2ccccc12.[C-]#Cc1c2ccccc2cc2ccccc12.c1ccc([PH+](C[PH+](c2ccccc2)c2cccc3ccccc23)c2cccc3ccccc23)cc1. The Morgan fingerprint density at radius 3 is 0.855 bits per heavy atom. The first-order chi connectivity index (χ1) is 33.2. The maximum atomic E-state index is 7.46. The molecule has 336 valence electrons. The van der Waals surface area contributed by atoms with Crippen molar-refractivity contribution in [2.24, 2.45) is 0 Å². The van der Waals surface area contributed by atoms with Crippen molar-refractivity contribution in [2.45, 2.75) is 0 Å². The van der Waals surface area contributed by atoms with Crippen LogP contribution in [0.2, 0.25) is 0 Å². The molecule has 12 aromatic carbocycles. The smallest absolute Gasteiger partial charge is 0.366 e. The minimum atomic E-state index is -1.04. The second-order valence-corrected chi connectivity index (χ2v) is 22.1. The average Bonchev–Trinajstić information content (AvgIpc) is 3.40. The first-order valence-electron chi connectivity index (χ1n) is 22.6. The summed E-state index contributed by atoms with van der Waals surface area (Å²) in [5.74, 6) is 6.33. The van der Waals surface area contributed by atoms with Crippen LogP contribution in [0.4, 0.5) is 0 Å². The molecule has 12 rings (SSSR count). The zero-order valence-electron chi connectivity index (χ0n) is 37.6. The predicted molar refractivity (Wildman–Crippen MR) is 296 cm³/mol. The summed E-state index contributed by atoms with van der Waals surface area (Å²) in [5, 5.41) is 20.5. The van der Waals surface area contributed by atoms with Gasteiger partial charge in [-0.15, -0.1) is 11.1 Å². The van der Waals surface area contributed by atoms with Crippen LogP contribution in [-0.2, 0) is 44.8 Å². The van der Waals surface area contributed by atoms with Gasteiger partial charge in [0.2, 0.25) is 0 Å². The molecule has 0 spiro atoms. The van der Waals surface area contributed by atoms with Crippen molar-refractivity contribution in [3.05, 3.63) is 279 Å². The van der Waals surface area contributed by atoms with E-state index in [-0.39, 0.29) is 44.8 Å². The Morgan fingerprint density at radius 1 is 0.275 bits per heavy atom. The molecule has 2 atom stereocenters. The summed E-state index contributed by atoms with van der Waals surface area (Å²) in [7, 11) is -2.08. The van der Waals surface area contributed by atoms with Gasteiger partial charge in [0.1, 0.15) is 37.1 Å². The summed E-state index contributed by atoms with van der Waals surface area (Å²) in [4.78, 5) is 0. The van der Waals surface area contributed by atoms with Crippen LogP contribution < -0.4 is 21.2 Å². The van der Waals surface area contributed by atoms with E-state index >= 15 is 0 Å². The van der Waals surface area contributed by atoms with Gasteiger partial charge in [0.15, 0.2) is 5.90 Å². The van der Waals surface area contributed by atoms with Crippen LogP contribution >= 0.6 is 15.8 Å². The number of hydrogen-bond acceptors (Lipinski definition) is 0. The Bertz CT molecular complexity index is 3410. The largest absolute Gasteiger partial charge is 1.00 e. The van der Waals surface area contributed by atoms with E-state index in [0.29, 0.717) is 0 Å². The second-order valence-electron chi connectivity index (χ2n) is 16.6. The molecule has 0 heterocycles. The molecule has 0 fully saturated rings. The van der Waals surface area contributed by atoms with Crippen molar-refractivity contribution in [3.8, 4) is 11.8 Å². The van der Waals surface area contributed by atoms with Gasteiger partial charge in [-0.1, -0.05) is 228 Å². The molecule has 0 aliphatic carbocycles. The molecule has 0 aliphatic heterocycles. The van der Waals surface area contributed by atoms with Crippen LogP contribution in [0.3, 0.4) is 0 Å². The van der Waals surface area contributed by atoms with Crippen molar-refractivity contribution in [1.29, 1.82) is 0 Å². The molecule has 0 saturated carbocycles. The van der Waals surface area contributed by atoms with Crippen LogP contribution in [0.5, 0.6) is 0 Å². The van der Waals surface area contributed by atoms with E-state index in [2.05, 4.69) is 194 Å². The zero-order chi connectivity index (χ0) is 45.4. The number of benzene rings is 12. The van der Waals surface area contributed by atoms with Crippen LogP contribution in [0, 0.1) is 24.7 Å². The fourth-order valence-electron chi connectivity index (χ4n) is 9.43. The van der Waals surface area contributed by atoms with Gasteiger partial charge in [0.05, 0.1) is 0 Å². The van der Waals surface area contributed by atoms with Gasteiger partial charge in [-0.2, -0.15) is 0 Å². The molecule has 12 aromatic rings. The third-order valence-corrected chi connectivity index (χ3v) is 19.7. The average molecular weight is 1280 g/mol. The molecule has 4 heteroatoms. The Balaban J connectivity index is 0.000000157. The fraction of sp³-hybridized carbons (Fsp3) is 0.0154. The molecule has 0 radical (unpaired) electrons. The number of rotatable bonds is 6. The zero-order valence-corrected chi connectivity index (χ0v) is 43.9. The topological polar surface area (TPSA) is 0 Å². The van der Waals surface area contributed by atoms with Gasteiger partial charge in [-0.3, -0.25) is 11.8 Å². The maximum absolute atomic E-state index is 7.46. The third kappa shape index (κ3) is 10.6. The van der Waals surface area contributed by atoms with Crippen molar-refractivity contribution in [3.63, 3.8) is 0 Å². The molecule has 0 aliphatic rings. The summed E-state index contributed by atoms with van der Waals surface area (Å²) in [5.41, 5.74) is 1.77. The Hall–Kier alpha value is -6.34. The standard InChI is InChI=1S/C33H26P2.2C16H9.2Au/c1-3-17-28(18-4-1)34(32-23-11-15-26-13-7-9-21-30(26)32)25-35(29-19-5-2-6-20-29)33-24-12-16-27-14-8-10-22-31(27)33;2*1-2-14-15-9-5-3-7-12(15)11-13-8-4-6-10-16(13)14;;/h1-24H,25H2;2*3-11H;;/q;2*-1;2*+1/p+2. The number of fused-ring (bicyclic) bond motifs is 6. The quantitative estimate of drug-likeness (QED) is 0.0512. The fourth-order valence-corrected chi connectivity index (χ4v) is 17.5. The molecular formula is C65H46Au2P2+2. The summed E-state index contributed by atoms with van der Waals surface area (Å²) >= 11 is 0. The predicted octanol–water partition coefficient (Wildman–Crippen LogP) is 14.8. The molecule has 69 heavy (non-hydrogen) atoms. The monoisotopic (exact) mass is 1280 g/mol. The third-order valence-electron chi connectivity index (χ3n) is 12.6. The van der Waals surface area contributed by atoms with Crippen molar-refractivity contribution in [2.75, 3.05) is 5.90 Å². The summed E-state index contributed by atoms with van der Waals surface area (Å²) in [6.07, 6.45) is 14.9. The van der Waals surface area contributed by atoms with E-state index in [1.807, 2.05) is 72.8 Å². The van der Waals surface area contributed by atoms with Crippen LogP contribution in [0.15, 0.2) is 255 Å². The Labute approximate surface area is 439 Å². The maximum Gasteiger partial charge on any atom is 1.00 e. The van der Waals surface area contributed by atoms with Gasteiger partial charge >= 0.3 is 44.8 Å². The summed E-state index contributed by atoms with van der Waals surface area (Å²) < 4.78 is 0. The minimum absolute atomic E-state index is 0. The van der Waals surface area contributed by atoms with E-state index in [9.17, 15) is 0 Å². The first-order valence-corrected chi connectivity index (χ1v) is 26.0. The summed E-state index contributed by atoms with van der Waals surface area (Å²) in [6.45, 7) is 0. The number of hydrogen-bond donors (Lipinski definition) is 0. The molecule has 0 N–H and O–H groups in total. The molecule has 0 bridgehead atoms. The van der Waals surface area contributed by atoms with Gasteiger partial charge < -0.3 is 12.8 Å². The van der Waals surface area contributed by atoms with Gasteiger partial charge in [-0.05, 0) is 80.8 Å². The van der Waals surface area contributed by atoms with Crippen molar-refractivity contribution < 1.29 is 44.8 Å². The van der Waals surface area contributed by atoms with E-state index in [1.165, 1.54) is 48.7 Å². The van der Waals surface area contributed by atoms with Gasteiger partial charge in [-0.25, -0.2) is 0 Å². The van der Waals surface area contributed by atoms with Crippen molar-refractivity contribution in [1.82, 2.24) is 0 Å². The van der Waals surface area contributed by atoms with Crippen LogP contribution in [0.1, 0.15) is 11.1 Å². The van der Waals surface area contributed by atoms with E-state index < -0.39 is 15.8 Å². The first kappa shape index (κ1) is 49.1. The van der Waals surface area contributed by atoms with Crippen LogP contribution in [-0.4, -0.2) is 5.90 Å². The van der Waals surface area contributed by atoms with Gasteiger partial charge in [0, 0.05) is 10.8 Å². The van der Waals surface area contributed by atoms with Gasteiger partial charge in [0.25, 0.3) is 0 Å². The van der Waals surface area contributed by atoms with E-state index in [1.54, 1.807) is 0 Å². The molecule has 0 nitrogen and oxygen atoms in total. The van der Waals surface area contributed by atoms with E-state index in [4.69, 9.17) is 12.8 Å². The van der Waals surface area contributed by atoms with Crippen LogP contribution in [0.25, 0.3) is 64.6 Å². The molecular weight excluding hydrogens is 1240 g/mol. The normalized spacial score (nSPS) is 11.4. The Morgan fingerprint density at radius 2 is 0.536 bits per heavy atom. The molecule has 2 unspecified atom stereocenters. The Kier molecular flexibility index (Phi) is 16.6. The molecule has 0 aromatic heterocycles.